The number of hydrogen-bond donors (Lipinski definition) is 0. The first-order valence-corrected chi connectivity index (χ1v) is 19.7. The van der Waals surface area contributed by atoms with Gasteiger partial charge < -0.3 is 9.13 Å². The number of rotatable bonds is 16. The lowest BCUT2D eigenvalue weighted by Crippen LogP contribution is -1.89. The first-order valence-electron chi connectivity index (χ1n) is 19.7. The van der Waals surface area contributed by atoms with Crippen LogP contribution in [-0.4, -0.2) is 9.13 Å². The van der Waals surface area contributed by atoms with Gasteiger partial charge in [0.25, 0.3) is 0 Å². The van der Waals surface area contributed by atoms with E-state index >= 15 is 0 Å². The monoisotopic (exact) mass is 660 g/mol. The molecule has 0 bridgehead atoms. The molecule has 2 aromatic heterocycles. The van der Waals surface area contributed by atoms with Gasteiger partial charge in [0.15, 0.2) is 0 Å². The van der Waals surface area contributed by atoms with E-state index in [4.69, 9.17) is 0 Å². The SMILES string of the molecule is CCCCCCCCc1ccc(-c2ccc3c4cc5c(cc4n(C)c3c2)c2ccc(-c3ccc(CCCCCCCC)cc3)cc2n5C)cc1. The smallest absolute Gasteiger partial charge is 0.0496 e. The third-order valence-electron chi connectivity index (χ3n) is 11.3. The molecule has 7 aromatic rings. The van der Waals surface area contributed by atoms with Crippen LogP contribution in [0.15, 0.2) is 97.1 Å². The molecule has 0 amide bonds. The Labute approximate surface area is 300 Å². The second-order valence-corrected chi connectivity index (χ2v) is 14.9. The molecule has 0 atom stereocenters. The molecule has 0 saturated carbocycles. The molecule has 2 heteroatoms. The molecular formula is C48H56N2. The fourth-order valence-corrected chi connectivity index (χ4v) is 8.20. The molecule has 7 rings (SSSR count). The third kappa shape index (κ3) is 7.13. The molecule has 0 aliphatic rings. The largest absolute Gasteiger partial charge is 0.344 e. The Morgan fingerprint density at radius 3 is 1.08 bits per heavy atom. The van der Waals surface area contributed by atoms with Crippen molar-refractivity contribution in [2.75, 3.05) is 0 Å². The summed E-state index contributed by atoms with van der Waals surface area (Å²) in [6, 6.07) is 37.5. The summed E-state index contributed by atoms with van der Waals surface area (Å²) in [5.74, 6) is 0. The van der Waals surface area contributed by atoms with Gasteiger partial charge in [-0.3, -0.25) is 0 Å². The standard InChI is InChI=1S/C48H56N2/c1-5-7-9-11-13-15-17-35-19-23-37(24-20-35)39-27-29-41-43-33-48-44(34-47(43)49(3)45(41)31-39)42-30-28-40(32-46(42)50(48)4)38-25-21-36(22-26-38)18-16-14-12-10-8-6-2/h19-34H,5-18H2,1-4H3. The normalized spacial score (nSPS) is 11.9. The van der Waals surface area contributed by atoms with Gasteiger partial charge >= 0.3 is 0 Å². The lowest BCUT2D eigenvalue weighted by Gasteiger charge is -2.07. The van der Waals surface area contributed by atoms with E-state index in [1.165, 1.54) is 167 Å². The molecule has 0 aliphatic carbocycles. The zero-order chi connectivity index (χ0) is 34.5. The third-order valence-corrected chi connectivity index (χ3v) is 11.3. The average Bonchev–Trinajstić information content (AvgIpc) is 3.59. The van der Waals surface area contributed by atoms with Gasteiger partial charge in [-0.05, 0) is 83.3 Å². The summed E-state index contributed by atoms with van der Waals surface area (Å²) in [4.78, 5) is 0. The molecule has 0 unspecified atom stereocenters. The fourth-order valence-electron chi connectivity index (χ4n) is 8.20. The van der Waals surface area contributed by atoms with Gasteiger partial charge in [-0.1, -0.05) is 151 Å². The number of fused-ring (bicyclic) bond motifs is 6. The highest BCUT2D eigenvalue weighted by atomic mass is 15.0. The van der Waals surface area contributed by atoms with Crippen molar-refractivity contribution in [2.45, 2.75) is 104 Å². The predicted molar refractivity (Wildman–Crippen MR) is 219 cm³/mol. The summed E-state index contributed by atoms with van der Waals surface area (Å²) < 4.78 is 4.78. The van der Waals surface area contributed by atoms with Crippen molar-refractivity contribution in [2.24, 2.45) is 14.1 Å². The van der Waals surface area contributed by atoms with Crippen molar-refractivity contribution in [3.8, 4) is 22.3 Å². The second kappa shape index (κ2) is 15.7. The van der Waals surface area contributed by atoms with Gasteiger partial charge in [-0.2, -0.15) is 0 Å². The van der Waals surface area contributed by atoms with E-state index in [1.807, 2.05) is 0 Å². The van der Waals surface area contributed by atoms with E-state index in [-0.39, 0.29) is 0 Å². The number of aryl methyl sites for hydroxylation is 4. The van der Waals surface area contributed by atoms with E-state index in [1.54, 1.807) is 0 Å². The van der Waals surface area contributed by atoms with Crippen LogP contribution >= 0.6 is 0 Å². The number of aromatic nitrogens is 2. The van der Waals surface area contributed by atoms with Gasteiger partial charge in [0, 0.05) is 57.7 Å². The lowest BCUT2D eigenvalue weighted by atomic mass is 9.99. The van der Waals surface area contributed by atoms with Gasteiger partial charge in [0.2, 0.25) is 0 Å². The molecule has 50 heavy (non-hydrogen) atoms. The Balaban J connectivity index is 1.11. The molecule has 2 nitrogen and oxygen atoms in total. The topological polar surface area (TPSA) is 9.86 Å². The van der Waals surface area contributed by atoms with Crippen LogP contribution in [0.1, 0.15) is 102 Å². The number of unbranched alkanes of at least 4 members (excludes halogenated alkanes) is 10. The first-order chi connectivity index (χ1) is 24.6. The van der Waals surface area contributed by atoms with Crippen LogP contribution in [0.3, 0.4) is 0 Å². The summed E-state index contributed by atoms with van der Waals surface area (Å²) in [5.41, 5.74) is 13.2. The summed E-state index contributed by atoms with van der Waals surface area (Å²) >= 11 is 0. The Bertz CT molecular complexity index is 2030. The maximum Gasteiger partial charge on any atom is 0.0496 e. The summed E-state index contributed by atoms with van der Waals surface area (Å²) in [7, 11) is 4.45. The van der Waals surface area contributed by atoms with Crippen molar-refractivity contribution in [1.82, 2.24) is 9.13 Å². The van der Waals surface area contributed by atoms with E-state index in [0.29, 0.717) is 0 Å². The zero-order valence-electron chi connectivity index (χ0n) is 31.0. The second-order valence-electron chi connectivity index (χ2n) is 14.9. The van der Waals surface area contributed by atoms with Crippen molar-refractivity contribution in [3.63, 3.8) is 0 Å². The molecule has 0 N–H and O–H groups in total. The number of benzene rings is 5. The average molecular weight is 661 g/mol. The molecule has 0 aliphatic heterocycles. The van der Waals surface area contributed by atoms with Crippen LogP contribution in [0.5, 0.6) is 0 Å². The summed E-state index contributed by atoms with van der Waals surface area (Å²) in [6.45, 7) is 4.57. The summed E-state index contributed by atoms with van der Waals surface area (Å²) in [6.07, 6.45) is 18.5. The van der Waals surface area contributed by atoms with Crippen molar-refractivity contribution < 1.29 is 0 Å². The highest BCUT2D eigenvalue weighted by Gasteiger charge is 2.16. The van der Waals surface area contributed by atoms with Crippen LogP contribution in [0, 0.1) is 0 Å². The molecular weight excluding hydrogens is 605 g/mol. The highest BCUT2D eigenvalue weighted by Crippen LogP contribution is 2.38. The molecule has 0 radical (unpaired) electrons. The highest BCUT2D eigenvalue weighted by molar-refractivity contribution is 6.18. The molecule has 0 saturated heterocycles. The zero-order valence-corrected chi connectivity index (χ0v) is 31.0. The van der Waals surface area contributed by atoms with Crippen LogP contribution in [0.2, 0.25) is 0 Å². The van der Waals surface area contributed by atoms with Crippen LogP contribution in [0.4, 0.5) is 0 Å². The molecule has 0 spiro atoms. The molecule has 258 valence electrons. The van der Waals surface area contributed by atoms with E-state index in [9.17, 15) is 0 Å². The quantitative estimate of drug-likeness (QED) is 0.0913. The molecule has 0 fully saturated rings. The predicted octanol–water partition coefficient (Wildman–Crippen LogP) is 14.1. The number of nitrogens with zero attached hydrogens (tertiary/aromatic N) is 2. The van der Waals surface area contributed by atoms with Crippen LogP contribution in [0.25, 0.3) is 65.9 Å². The van der Waals surface area contributed by atoms with Crippen molar-refractivity contribution in [1.29, 1.82) is 0 Å². The Hall–Kier alpha value is -4.30. The minimum Gasteiger partial charge on any atom is -0.344 e. The van der Waals surface area contributed by atoms with Crippen LogP contribution in [-0.2, 0) is 26.9 Å². The molecule has 5 aromatic carbocycles. The van der Waals surface area contributed by atoms with Gasteiger partial charge in [0.05, 0.1) is 0 Å². The van der Waals surface area contributed by atoms with E-state index in [0.717, 1.165) is 0 Å². The van der Waals surface area contributed by atoms with Gasteiger partial charge in [-0.15, -0.1) is 0 Å². The fraction of sp³-hybridized carbons (Fsp3) is 0.375. The maximum atomic E-state index is 2.42. The molecule has 2 heterocycles. The van der Waals surface area contributed by atoms with Crippen LogP contribution < -0.4 is 0 Å². The first kappa shape index (κ1) is 34.2. The minimum atomic E-state index is 1.19. The Morgan fingerprint density at radius 1 is 0.340 bits per heavy atom. The Morgan fingerprint density at radius 2 is 0.680 bits per heavy atom. The van der Waals surface area contributed by atoms with Crippen molar-refractivity contribution >= 4 is 43.6 Å². The van der Waals surface area contributed by atoms with Crippen molar-refractivity contribution in [3.05, 3.63) is 108 Å². The minimum absolute atomic E-state index is 1.19. The van der Waals surface area contributed by atoms with E-state index in [2.05, 4.69) is 134 Å². The van der Waals surface area contributed by atoms with Gasteiger partial charge in [0.1, 0.15) is 0 Å². The summed E-state index contributed by atoms with van der Waals surface area (Å²) in [5, 5.41) is 5.28. The Kier molecular flexibility index (Phi) is 10.7. The maximum absolute atomic E-state index is 2.42. The van der Waals surface area contributed by atoms with Gasteiger partial charge in [-0.25, -0.2) is 0 Å². The number of hydrogen-bond acceptors (Lipinski definition) is 0. The van der Waals surface area contributed by atoms with E-state index < -0.39 is 0 Å². The lowest BCUT2D eigenvalue weighted by molar-refractivity contribution is 0.607.